The van der Waals surface area contributed by atoms with Crippen molar-refractivity contribution < 1.29 is 13.9 Å². The van der Waals surface area contributed by atoms with E-state index in [9.17, 15) is 9.18 Å². The Hall–Kier alpha value is -2.40. The van der Waals surface area contributed by atoms with Crippen molar-refractivity contribution >= 4 is 5.91 Å². The highest BCUT2D eigenvalue weighted by atomic mass is 19.1. The van der Waals surface area contributed by atoms with E-state index in [0.717, 1.165) is 56.9 Å². The number of amides is 1. The molecule has 1 aliphatic heterocycles. The van der Waals surface area contributed by atoms with E-state index in [1.807, 2.05) is 35.2 Å². The molecule has 0 unspecified atom stereocenters. The van der Waals surface area contributed by atoms with E-state index < -0.39 is 0 Å². The summed E-state index contributed by atoms with van der Waals surface area (Å²) in [5.74, 6) is 0.657. The molecule has 26 heavy (non-hydrogen) atoms. The van der Waals surface area contributed by atoms with Crippen molar-refractivity contribution in [2.75, 3.05) is 39.8 Å². The summed E-state index contributed by atoms with van der Waals surface area (Å²) >= 11 is 0. The van der Waals surface area contributed by atoms with Crippen LogP contribution in [0.3, 0.4) is 0 Å². The summed E-state index contributed by atoms with van der Waals surface area (Å²) in [6, 6.07) is 14.1. The van der Waals surface area contributed by atoms with Crippen LogP contribution in [0.4, 0.5) is 4.39 Å². The molecule has 0 aromatic heterocycles. The van der Waals surface area contributed by atoms with E-state index in [1.165, 1.54) is 6.07 Å². The van der Waals surface area contributed by atoms with Gasteiger partial charge in [-0.25, -0.2) is 4.39 Å². The topological polar surface area (TPSA) is 32.8 Å². The summed E-state index contributed by atoms with van der Waals surface area (Å²) in [5, 5.41) is 0. The third-order valence-electron chi connectivity index (χ3n) is 4.83. The quantitative estimate of drug-likeness (QED) is 0.797. The number of piperazine rings is 1. The van der Waals surface area contributed by atoms with Crippen molar-refractivity contribution in [3.8, 4) is 5.75 Å². The molecule has 0 radical (unpaired) electrons. The smallest absolute Gasteiger partial charge is 0.253 e. The van der Waals surface area contributed by atoms with Gasteiger partial charge in [0, 0.05) is 31.7 Å². The van der Waals surface area contributed by atoms with Crippen LogP contribution < -0.4 is 4.74 Å². The number of benzene rings is 2. The molecule has 1 heterocycles. The first-order chi connectivity index (χ1) is 12.7. The highest BCUT2D eigenvalue weighted by Gasteiger charge is 2.21. The van der Waals surface area contributed by atoms with E-state index in [2.05, 4.69) is 4.90 Å². The highest BCUT2D eigenvalue weighted by Crippen LogP contribution is 2.15. The van der Waals surface area contributed by atoms with Crippen molar-refractivity contribution in [3.05, 3.63) is 65.5 Å². The summed E-state index contributed by atoms with van der Waals surface area (Å²) in [5.41, 5.74) is 1.74. The first kappa shape index (κ1) is 18.4. The predicted octanol–water partition coefficient (Wildman–Crippen LogP) is 3.22. The second kappa shape index (κ2) is 8.81. The van der Waals surface area contributed by atoms with Crippen LogP contribution in [0.25, 0.3) is 0 Å². The third-order valence-corrected chi connectivity index (χ3v) is 4.83. The van der Waals surface area contributed by atoms with Gasteiger partial charge in [0.1, 0.15) is 11.6 Å². The van der Waals surface area contributed by atoms with Gasteiger partial charge in [0.25, 0.3) is 5.91 Å². The van der Waals surface area contributed by atoms with Gasteiger partial charge in [0.15, 0.2) is 0 Å². The zero-order chi connectivity index (χ0) is 18.4. The molecule has 1 fully saturated rings. The Kier molecular flexibility index (Phi) is 6.23. The molecule has 1 aliphatic rings. The number of carbonyl (C=O) groups excluding carboxylic acids is 1. The van der Waals surface area contributed by atoms with Gasteiger partial charge in [0.05, 0.1) is 7.11 Å². The molecule has 2 aromatic carbocycles. The van der Waals surface area contributed by atoms with Gasteiger partial charge < -0.3 is 9.64 Å². The number of methoxy groups -OCH3 is 1. The van der Waals surface area contributed by atoms with Crippen LogP contribution >= 0.6 is 0 Å². The van der Waals surface area contributed by atoms with E-state index in [4.69, 9.17) is 4.74 Å². The van der Waals surface area contributed by atoms with Gasteiger partial charge >= 0.3 is 0 Å². The molecular formula is C21H25FN2O2. The molecule has 5 heteroatoms. The van der Waals surface area contributed by atoms with Gasteiger partial charge in [-0.3, -0.25) is 9.69 Å². The first-order valence-corrected chi connectivity index (χ1v) is 9.06. The Balaban J connectivity index is 1.42. The number of rotatable bonds is 6. The molecule has 4 nitrogen and oxygen atoms in total. The fourth-order valence-electron chi connectivity index (χ4n) is 3.29. The molecule has 0 bridgehead atoms. The average molecular weight is 356 g/mol. The van der Waals surface area contributed by atoms with Crippen LogP contribution in [0.2, 0.25) is 0 Å². The van der Waals surface area contributed by atoms with E-state index in [0.29, 0.717) is 5.56 Å². The molecule has 3 rings (SSSR count). The number of aryl methyl sites for hydroxylation is 1. The molecule has 0 N–H and O–H groups in total. The Labute approximate surface area is 154 Å². The van der Waals surface area contributed by atoms with Crippen LogP contribution in [0.1, 0.15) is 22.3 Å². The zero-order valence-electron chi connectivity index (χ0n) is 15.2. The second-order valence-electron chi connectivity index (χ2n) is 6.60. The maximum atomic E-state index is 13.2. The number of ether oxygens (including phenoxy) is 1. The summed E-state index contributed by atoms with van der Waals surface area (Å²) in [7, 11) is 1.62. The minimum atomic E-state index is -0.173. The van der Waals surface area contributed by atoms with Crippen LogP contribution in [0, 0.1) is 5.82 Å². The third kappa shape index (κ3) is 4.82. The molecule has 1 amide bonds. The van der Waals surface area contributed by atoms with Crippen LogP contribution in [0.5, 0.6) is 5.75 Å². The maximum absolute atomic E-state index is 13.2. The maximum Gasteiger partial charge on any atom is 0.253 e. The zero-order valence-corrected chi connectivity index (χ0v) is 15.2. The fourth-order valence-corrected chi connectivity index (χ4v) is 3.29. The van der Waals surface area contributed by atoms with Crippen molar-refractivity contribution in [1.82, 2.24) is 9.80 Å². The molecule has 0 atom stereocenters. The lowest BCUT2D eigenvalue weighted by molar-refractivity contribution is 0.0636. The van der Waals surface area contributed by atoms with Crippen molar-refractivity contribution in [3.63, 3.8) is 0 Å². The Morgan fingerprint density at radius 2 is 1.81 bits per heavy atom. The van der Waals surface area contributed by atoms with Gasteiger partial charge in [-0.15, -0.1) is 0 Å². The molecule has 0 spiro atoms. The SMILES string of the molecule is COc1ccc(C(=O)N2CCN(CCCc3cccc(F)c3)CC2)cc1. The van der Waals surface area contributed by atoms with Gasteiger partial charge in [-0.05, 0) is 61.3 Å². The fraction of sp³-hybridized carbons (Fsp3) is 0.381. The van der Waals surface area contributed by atoms with Crippen LogP contribution in [0.15, 0.2) is 48.5 Å². The van der Waals surface area contributed by atoms with E-state index in [-0.39, 0.29) is 11.7 Å². The van der Waals surface area contributed by atoms with Crippen LogP contribution in [-0.2, 0) is 6.42 Å². The Morgan fingerprint density at radius 3 is 2.46 bits per heavy atom. The molecular weight excluding hydrogens is 331 g/mol. The van der Waals surface area contributed by atoms with Crippen molar-refractivity contribution in [1.29, 1.82) is 0 Å². The second-order valence-corrected chi connectivity index (χ2v) is 6.60. The molecule has 0 aliphatic carbocycles. The first-order valence-electron chi connectivity index (χ1n) is 9.06. The van der Waals surface area contributed by atoms with Crippen molar-refractivity contribution in [2.45, 2.75) is 12.8 Å². The normalized spacial score (nSPS) is 15.1. The summed E-state index contributed by atoms with van der Waals surface area (Å²) in [4.78, 5) is 16.8. The number of hydrogen-bond donors (Lipinski definition) is 0. The molecule has 0 saturated carbocycles. The van der Waals surface area contributed by atoms with Gasteiger partial charge in [0.2, 0.25) is 0 Å². The molecule has 138 valence electrons. The standard InChI is InChI=1S/C21H25FN2O2/c1-26-20-9-7-18(8-10-20)21(25)24-14-12-23(13-15-24)11-3-5-17-4-2-6-19(22)16-17/h2,4,6-10,16H,3,5,11-15H2,1H3. The van der Waals surface area contributed by atoms with E-state index in [1.54, 1.807) is 19.2 Å². The van der Waals surface area contributed by atoms with E-state index >= 15 is 0 Å². The van der Waals surface area contributed by atoms with Crippen molar-refractivity contribution in [2.24, 2.45) is 0 Å². The summed E-state index contributed by atoms with van der Waals surface area (Å²) in [6.45, 7) is 4.22. The van der Waals surface area contributed by atoms with Gasteiger partial charge in [-0.1, -0.05) is 12.1 Å². The highest BCUT2D eigenvalue weighted by molar-refractivity contribution is 5.94. The lowest BCUT2D eigenvalue weighted by atomic mass is 10.1. The monoisotopic (exact) mass is 356 g/mol. The number of carbonyl (C=O) groups is 1. The summed E-state index contributed by atoms with van der Waals surface area (Å²) < 4.78 is 18.3. The Bertz CT molecular complexity index is 725. The molecule has 2 aromatic rings. The number of halogens is 1. The average Bonchev–Trinajstić information content (AvgIpc) is 2.68. The van der Waals surface area contributed by atoms with Crippen LogP contribution in [-0.4, -0.2) is 55.5 Å². The Morgan fingerprint density at radius 1 is 1.08 bits per heavy atom. The summed E-state index contributed by atoms with van der Waals surface area (Å²) in [6.07, 6.45) is 1.87. The lowest BCUT2D eigenvalue weighted by Gasteiger charge is -2.34. The predicted molar refractivity (Wildman–Crippen MR) is 100 cm³/mol. The van der Waals surface area contributed by atoms with Gasteiger partial charge in [-0.2, -0.15) is 0 Å². The lowest BCUT2D eigenvalue weighted by Crippen LogP contribution is -2.48. The minimum absolute atomic E-state index is 0.0760. The number of hydrogen-bond acceptors (Lipinski definition) is 3. The minimum Gasteiger partial charge on any atom is -0.497 e. The number of nitrogens with zero attached hydrogens (tertiary/aromatic N) is 2. The largest absolute Gasteiger partial charge is 0.497 e. The molecule has 1 saturated heterocycles.